The molecule has 1 aromatic carbocycles. The lowest BCUT2D eigenvalue weighted by molar-refractivity contribution is 0.320. The first-order valence-corrected chi connectivity index (χ1v) is 6.32. The van der Waals surface area contributed by atoms with Crippen LogP contribution in [0.25, 0.3) is 0 Å². The van der Waals surface area contributed by atoms with E-state index in [2.05, 4.69) is 12.2 Å². The molecule has 1 aromatic rings. The molecule has 0 aromatic heterocycles. The summed E-state index contributed by atoms with van der Waals surface area (Å²) in [6, 6.07) is 4.42. The molecule has 0 spiro atoms. The third kappa shape index (κ3) is 3.77. The second kappa shape index (κ2) is 5.58. The Labute approximate surface area is 101 Å². The van der Waals surface area contributed by atoms with Crippen molar-refractivity contribution in [2.75, 3.05) is 6.54 Å². The molecule has 1 N–H and O–H groups in total. The number of hydrogen-bond donors (Lipinski definition) is 1. The number of nitrogens with one attached hydrogen (secondary N) is 1. The fourth-order valence-electron chi connectivity index (χ4n) is 2.18. The third-order valence-corrected chi connectivity index (χ3v) is 3.37. The normalized spacial score (nSPS) is 17.8. The van der Waals surface area contributed by atoms with Gasteiger partial charge in [0.25, 0.3) is 0 Å². The Morgan fingerprint density at radius 3 is 2.41 bits per heavy atom. The summed E-state index contributed by atoms with van der Waals surface area (Å²) in [5.74, 6) is -0.574. The van der Waals surface area contributed by atoms with Crippen LogP contribution < -0.4 is 5.32 Å². The van der Waals surface area contributed by atoms with E-state index in [9.17, 15) is 8.78 Å². The molecule has 0 saturated heterocycles. The van der Waals surface area contributed by atoms with Crippen LogP contribution in [0, 0.1) is 17.6 Å². The van der Waals surface area contributed by atoms with Crippen molar-refractivity contribution in [1.29, 1.82) is 0 Å². The summed E-state index contributed by atoms with van der Waals surface area (Å²) in [4.78, 5) is 0. The summed E-state index contributed by atoms with van der Waals surface area (Å²) in [5.41, 5.74) is 0.741. The lowest BCUT2D eigenvalue weighted by Gasteiger charge is -2.28. The standard InChI is InChI=1S/C14H19F2N/c1-10(9-17-14-3-2-4-14)5-11-6-12(15)8-13(16)7-11/h6-8,10,14,17H,2-5,9H2,1H3. The van der Waals surface area contributed by atoms with E-state index >= 15 is 0 Å². The zero-order chi connectivity index (χ0) is 12.3. The summed E-state index contributed by atoms with van der Waals surface area (Å²) >= 11 is 0. The summed E-state index contributed by atoms with van der Waals surface area (Å²) in [5, 5.41) is 3.48. The molecular weight excluding hydrogens is 220 g/mol. The van der Waals surface area contributed by atoms with Crippen molar-refractivity contribution >= 4 is 0 Å². The molecule has 3 heteroatoms. The van der Waals surface area contributed by atoms with Gasteiger partial charge >= 0.3 is 0 Å². The summed E-state index contributed by atoms with van der Waals surface area (Å²) in [6.45, 7) is 3.03. The van der Waals surface area contributed by atoms with Gasteiger partial charge in [0.05, 0.1) is 0 Å². The van der Waals surface area contributed by atoms with E-state index in [-0.39, 0.29) is 0 Å². The number of halogens is 2. The Bertz CT molecular complexity index is 354. The van der Waals surface area contributed by atoms with E-state index in [1.54, 1.807) is 0 Å². The average molecular weight is 239 g/mol. The Morgan fingerprint density at radius 1 is 1.24 bits per heavy atom. The SMILES string of the molecule is CC(CNC1CCC1)Cc1cc(F)cc(F)c1. The average Bonchev–Trinajstić information content (AvgIpc) is 2.12. The minimum Gasteiger partial charge on any atom is -0.314 e. The first-order chi connectivity index (χ1) is 8.13. The topological polar surface area (TPSA) is 12.0 Å². The predicted molar refractivity (Wildman–Crippen MR) is 64.9 cm³/mol. The molecule has 1 saturated carbocycles. The number of hydrogen-bond acceptors (Lipinski definition) is 1. The summed E-state index contributed by atoms with van der Waals surface area (Å²) in [6.07, 6.45) is 4.57. The molecule has 1 atom stereocenters. The lowest BCUT2D eigenvalue weighted by atomic mass is 9.92. The van der Waals surface area contributed by atoms with Crippen LogP contribution >= 0.6 is 0 Å². The second-order valence-corrected chi connectivity index (χ2v) is 5.12. The van der Waals surface area contributed by atoms with E-state index in [0.29, 0.717) is 18.4 Å². The van der Waals surface area contributed by atoms with Crippen LogP contribution in [0.5, 0.6) is 0 Å². The second-order valence-electron chi connectivity index (χ2n) is 5.12. The van der Waals surface area contributed by atoms with Crippen LogP contribution in [0.4, 0.5) is 8.78 Å². The van der Waals surface area contributed by atoms with Crippen LogP contribution in [-0.2, 0) is 6.42 Å². The maximum absolute atomic E-state index is 13.0. The highest BCUT2D eigenvalue weighted by Crippen LogP contribution is 2.19. The highest BCUT2D eigenvalue weighted by molar-refractivity contribution is 5.18. The molecule has 1 aliphatic carbocycles. The van der Waals surface area contributed by atoms with Gasteiger partial charge in [-0.05, 0) is 49.4 Å². The molecule has 94 valence electrons. The van der Waals surface area contributed by atoms with Crippen molar-refractivity contribution in [3.8, 4) is 0 Å². The monoisotopic (exact) mass is 239 g/mol. The fourth-order valence-corrected chi connectivity index (χ4v) is 2.18. The fraction of sp³-hybridized carbons (Fsp3) is 0.571. The molecule has 2 rings (SSSR count). The van der Waals surface area contributed by atoms with Gasteiger partial charge in [-0.15, -0.1) is 0 Å². The molecule has 0 amide bonds. The highest BCUT2D eigenvalue weighted by Gasteiger charge is 2.17. The van der Waals surface area contributed by atoms with Crippen LogP contribution in [0.3, 0.4) is 0 Å². The van der Waals surface area contributed by atoms with Crippen LogP contribution in [0.15, 0.2) is 18.2 Å². The number of benzene rings is 1. The van der Waals surface area contributed by atoms with E-state index in [0.717, 1.165) is 18.2 Å². The molecular formula is C14H19F2N. The Morgan fingerprint density at radius 2 is 1.88 bits per heavy atom. The Kier molecular flexibility index (Phi) is 4.11. The Hall–Kier alpha value is -0.960. The maximum atomic E-state index is 13.0. The minimum absolute atomic E-state index is 0.400. The molecule has 1 nitrogen and oxygen atoms in total. The lowest BCUT2D eigenvalue weighted by Crippen LogP contribution is -2.38. The van der Waals surface area contributed by atoms with Gasteiger partial charge in [0.15, 0.2) is 0 Å². The molecule has 17 heavy (non-hydrogen) atoms. The zero-order valence-corrected chi connectivity index (χ0v) is 10.2. The van der Waals surface area contributed by atoms with Gasteiger partial charge in [0.2, 0.25) is 0 Å². The first-order valence-electron chi connectivity index (χ1n) is 6.32. The minimum atomic E-state index is -0.487. The first kappa shape index (κ1) is 12.5. The molecule has 0 heterocycles. The highest BCUT2D eigenvalue weighted by atomic mass is 19.1. The molecule has 0 radical (unpaired) electrons. The van der Waals surface area contributed by atoms with Gasteiger partial charge < -0.3 is 5.32 Å². The predicted octanol–water partition coefficient (Wildman–Crippen LogP) is 3.29. The van der Waals surface area contributed by atoms with Gasteiger partial charge in [-0.1, -0.05) is 13.3 Å². The Balaban J connectivity index is 1.81. The van der Waals surface area contributed by atoms with Crippen LogP contribution in [0.2, 0.25) is 0 Å². The summed E-state index contributed by atoms with van der Waals surface area (Å²) < 4.78 is 26.0. The molecule has 0 aliphatic heterocycles. The van der Waals surface area contributed by atoms with E-state index < -0.39 is 11.6 Å². The third-order valence-electron chi connectivity index (χ3n) is 3.37. The van der Waals surface area contributed by atoms with Crippen molar-refractivity contribution in [3.63, 3.8) is 0 Å². The smallest absolute Gasteiger partial charge is 0.126 e. The van der Waals surface area contributed by atoms with Gasteiger partial charge in [0, 0.05) is 12.1 Å². The van der Waals surface area contributed by atoms with Gasteiger partial charge in [-0.25, -0.2) is 8.78 Å². The molecule has 1 aliphatic rings. The van der Waals surface area contributed by atoms with Crippen molar-refractivity contribution in [1.82, 2.24) is 5.32 Å². The van der Waals surface area contributed by atoms with Crippen molar-refractivity contribution in [2.24, 2.45) is 5.92 Å². The quantitative estimate of drug-likeness (QED) is 0.831. The van der Waals surface area contributed by atoms with Crippen molar-refractivity contribution in [2.45, 2.75) is 38.6 Å². The van der Waals surface area contributed by atoms with Gasteiger partial charge in [0.1, 0.15) is 11.6 Å². The van der Waals surface area contributed by atoms with E-state index in [4.69, 9.17) is 0 Å². The van der Waals surface area contributed by atoms with Crippen molar-refractivity contribution < 1.29 is 8.78 Å². The van der Waals surface area contributed by atoms with E-state index in [1.807, 2.05) is 0 Å². The summed E-state index contributed by atoms with van der Waals surface area (Å²) in [7, 11) is 0. The van der Waals surface area contributed by atoms with Gasteiger partial charge in [-0.2, -0.15) is 0 Å². The largest absolute Gasteiger partial charge is 0.314 e. The van der Waals surface area contributed by atoms with Crippen molar-refractivity contribution in [3.05, 3.63) is 35.4 Å². The maximum Gasteiger partial charge on any atom is 0.126 e. The van der Waals surface area contributed by atoms with Gasteiger partial charge in [-0.3, -0.25) is 0 Å². The van der Waals surface area contributed by atoms with Crippen LogP contribution in [0.1, 0.15) is 31.7 Å². The van der Waals surface area contributed by atoms with Crippen LogP contribution in [-0.4, -0.2) is 12.6 Å². The number of rotatable bonds is 5. The molecule has 1 fully saturated rings. The molecule has 0 bridgehead atoms. The molecule has 1 unspecified atom stereocenters. The van der Waals surface area contributed by atoms with E-state index in [1.165, 1.54) is 31.4 Å². The zero-order valence-electron chi connectivity index (χ0n) is 10.2.